The van der Waals surface area contributed by atoms with Gasteiger partial charge < -0.3 is 10.2 Å². The standard InChI is InChI=1S/C18H27N3O3S/c1-4-21(5-2)25(23,24)17-8-14(7-6-13(17)3)18(22)20-11-15-9-19-10-16(15)12-20/h6-8,15-16,19H,4-5,9-12H2,1-3H3/t15-,16+. The van der Waals surface area contributed by atoms with Crippen molar-refractivity contribution in [2.45, 2.75) is 25.7 Å². The van der Waals surface area contributed by atoms with Crippen LogP contribution >= 0.6 is 0 Å². The van der Waals surface area contributed by atoms with Crippen molar-refractivity contribution in [1.29, 1.82) is 0 Å². The molecule has 25 heavy (non-hydrogen) atoms. The van der Waals surface area contributed by atoms with Crippen molar-refractivity contribution >= 4 is 15.9 Å². The molecule has 0 bridgehead atoms. The number of amides is 1. The minimum Gasteiger partial charge on any atom is -0.338 e. The molecule has 0 spiro atoms. The topological polar surface area (TPSA) is 69.7 Å². The third kappa shape index (κ3) is 3.32. The van der Waals surface area contributed by atoms with Crippen molar-refractivity contribution in [3.05, 3.63) is 29.3 Å². The van der Waals surface area contributed by atoms with Gasteiger partial charge in [0.2, 0.25) is 10.0 Å². The van der Waals surface area contributed by atoms with E-state index in [9.17, 15) is 13.2 Å². The van der Waals surface area contributed by atoms with E-state index >= 15 is 0 Å². The van der Waals surface area contributed by atoms with Crippen LogP contribution < -0.4 is 5.32 Å². The predicted molar refractivity (Wildman–Crippen MR) is 97.0 cm³/mol. The van der Waals surface area contributed by atoms with Gasteiger partial charge in [-0.15, -0.1) is 0 Å². The Bertz CT molecular complexity index is 747. The van der Waals surface area contributed by atoms with Gasteiger partial charge in [-0.2, -0.15) is 4.31 Å². The van der Waals surface area contributed by atoms with Gasteiger partial charge in [-0.1, -0.05) is 19.9 Å². The molecular formula is C18H27N3O3S. The summed E-state index contributed by atoms with van der Waals surface area (Å²) in [4.78, 5) is 15.0. The second kappa shape index (κ2) is 7.05. The van der Waals surface area contributed by atoms with Crippen LogP contribution in [0.4, 0.5) is 0 Å². The van der Waals surface area contributed by atoms with Crippen LogP contribution in [0.5, 0.6) is 0 Å². The number of carbonyl (C=O) groups excluding carboxylic acids is 1. The summed E-state index contributed by atoms with van der Waals surface area (Å²) in [5.41, 5.74) is 1.13. The lowest BCUT2D eigenvalue weighted by molar-refractivity contribution is 0.0781. The Balaban J connectivity index is 1.88. The fourth-order valence-electron chi connectivity index (χ4n) is 3.92. The van der Waals surface area contributed by atoms with Crippen molar-refractivity contribution < 1.29 is 13.2 Å². The number of carbonyl (C=O) groups is 1. The van der Waals surface area contributed by atoms with Crippen LogP contribution in [-0.4, -0.2) is 62.8 Å². The summed E-state index contributed by atoms with van der Waals surface area (Å²) in [6, 6.07) is 5.03. The van der Waals surface area contributed by atoms with Crippen LogP contribution in [0.3, 0.4) is 0 Å². The van der Waals surface area contributed by atoms with E-state index in [1.54, 1.807) is 25.1 Å². The van der Waals surface area contributed by atoms with Crippen LogP contribution in [-0.2, 0) is 10.0 Å². The molecule has 2 fully saturated rings. The lowest BCUT2D eigenvalue weighted by Gasteiger charge is -2.21. The molecule has 1 N–H and O–H groups in total. The molecule has 2 aliphatic heterocycles. The quantitative estimate of drug-likeness (QED) is 0.854. The Morgan fingerprint density at radius 1 is 1.20 bits per heavy atom. The molecule has 2 atom stereocenters. The van der Waals surface area contributed by atoms with Gasteiger partial charge in [0, 0.05) is 44.8 Å². The van der Waals surface area contributed by atoms with Crippen molar-refractivity contribution in [1.82, 2.24) is 14.5 Å². The Labute approximate surface area is 150 Å². The van der Waals surface area contributed by atoms with Gasteiger partial charge in [0.25, 0.3) is 5.91 Å². The van der Waals surface area contributed by atoms with Crippen molar-refractivity contribution in [3.8, 4) is 0 Å². The molecule has 138 valence electrons. The van der Waals surface area contributed by atoms with Crippen molar-refractivity contribution in [3.63, 3.8) is 0 Å². The zero-order valence-electron chi connectivity index (χ0n) is 15.2. The van der Waals surface area contributed by atoms with Gasteiger partial charge in [0.05, 0.1) is 4.90 Å². The first-order valence-corrected chi connectivity index (χ1v) is 10.4. The maximum atomic E-state index is 12.9. The Morgan fingerprint density at radius 2 is 1.80 bits per heavy atom. The molecule has 0 aromatic heterocycles. The largest absolute Gasteiger partial charge is 0.338 e. The van der Waals surface area contributed by atoms with Crippen molar-refractivity contribution in [2.75, 3.05) is 39.3 Å². The van der Waals surface area contributed by atoms with Crippen LogP contribution in [0.2, 0.25) is 0 Å². The molecule has 2 heterocycles. The van der Waals surface area contributed by atoms with Crippen LogP contribution in [0.15, 0.2) is 23.1 Å². The molecular weight excluding hydrogens is 338 g/mol. The lowest BCUT2D eigenvalue weighted by Crippen LogP contribution is -2.33. The highest BCUT2D eigenvalue weighted by molar-refractivity contribution is 7.89. The highest BCUT2D eigenvalue weighted by Crippen LogP contribution is 2.28. The third-order valence-electron chi connectivity index (χ3n) is 5.44. The number of hydrogen-bond acceptors (Lipinski definition) is 4. The normalized spacial score (nSPS) is 23.3. The van der Waals surface area contributed by atoms with Gasteiger partial charge in [0.1, 0.15) is 0 Å². The summed E-state index contributed by atoms with van der Waals surface area (Å²) in [5.74, 6) is 0.979. The van der Waals surface area contributed by atoms with Gasteiger partial charge in [0.15, 0.2) is 0 Å². The average molecular weight is 365 g/mol. The molecule has 7 heteroatoms. The fourth-order valence-corrected chi connectivity index (χ4v) is 5.63. The molecule has 0 saturated carbocycles. The van der Waals surface area contributed by atoms with E-state index in [-0.39, 0.29) is 10.8 Å². The number of benzene rings is 1. The van der Waals surface area contributed by atoms with Crippen LogP contribution in [0.1, 0.15) is 29.8 Å². The Kier molecular flexibility index (Phi) is 5.18. The van der Waals surface area contributed by atoms with Gasteiger partial charge in [-0.05, 0) is 36.5 Å². The number of rotatable bonds is 5. The molecule has 2 aliphatic rings. The molecule has 1 aromatic rings. The highest BCUT2D eigenvalue weighted by Gasteiger charge is 2.38. The van der Waals surface area contributed by atoms with Gasteiger partial charge in [-0.3, -0.25) is 4.79 Å². The molecule has 1 aromatic carbocycles. The number of aryl methyl sites for hydroxylation is 1. The maximum Gasteiger partial charge on any atom is 0.253 e. The summed E-state index contributed by atoms with van der Waals surface area (Å²) in [5, 5.41) is 3.36. The van der Waals surface area contributed by atoms with E-state index in [1.807, 2.05) is 18.7 Å². The second-order valence-electron chi connectivity index (χ2n) is 6.96. The highest BCUT2D eigenvalue weighted by atomic mass is 32.2. The first-order valence-electron chi connectivity index (χ1n) is 8.99. The van der Waals surface area contributed by atoms with Crippen LogP contribution in [0.25, 0.3) is 0 Å². The number of nitrogens with zero attached hydrogens (tertiary/aromatic N) is 2. The number of fused-ring (bicyclic) bond motifs is 1. The zero-order valence-corrected chi connectivity index (χ0v) is 16.0. The number of likely N-dealkylation sites (tertiary alicyclic amines) is 1. The van der Waals surface area contributed by atoms with Crippen molar-refractivity contribution in [2.24, 2.45) is 11.8 Å². The molecule has 0 radical (unpaired) electrons. The number of nitrogens with one attached hydrogen (secondary N) is 1. The summed E-state index contributed by atoms with van der Waals surface area (Å²) >= 11 is 0. The monoisotopic (exact) mass is 365 g/mol. The molecule has 2 saturated heterocycles. The summed E-state index contributed by atoms with van der Waals surface area (Å²) in [6.07, 6.45) is 0. The van der Waals surface area contributed by atoms with Gasteiger partial charge in [-0.25, -0.2) is 8.42 Å². The molecule has 1 amide bonds. The minimum absolute atomic E-state index is 0.0644. The van der Waals surface area contributed by atoms with Gasteiger partial charge >= 0.3 is 0 Å². The summed E-state index contributed by atoms with van der Waals surface area (Å²) in [6.45, 7) is 9.68. The van der Waals surface area contributed by atoms with E-state index in [2.05, 4.69) is 5.32 Å². The smallest absolute Gasteiger partial charge is 0.253 e. The molecule has 0 aliphatic carbocycles. The number of sulfonamides is 1. The molecule has 6 nitrogen and oxygen atoms in total. The zero-order chi connectivity index (χ0) is 18.2. The van der Waals surface area contributed by atoms with E-state index < -0.39 is 10.0 Å². The van der Waals surface area contributed by atoms with E-state index in [0.717, 1.165) is 26.2 Å². The van der Waals surface area contributed by atoms with E-state index in [0.29, 0.717) is 36.1 Å². The number of hydrogen-bond donors (Lipinski definition) is 1. The van der Waals surface area contributed by atoms with E-state index in [4.69, 9.17) is 0 Å². The molecule has 0 unspecified atom stereocenters. The fraction of sp³-hybridized carbons (Fsp3) is 0.611. The lowest BCUT2D eigenvalue weighted by atomic mass is 10.0. The molecule has 3 rings (SSSR count). The minimum atomic E-state index is -3.57. The summed E-state index contributed by atoms with van der Waals surface area (Å²) in [7, 11) is -3.57. The SMILES string of the molecule is CCN(CC)S(=O)(=O)c1cc(C(=O)N2C[C@H]3CNC[C@H]3C2)ccc1C. The maximum absolute atomic E-state index is 12.9. The Hall–Kier alpha value is -1.44. The first kappa shape index (κ1) is 18.4. The summed E-state index contributed by atoms with van der Waals surface area (Å²) < 4.78 is 27.2. The Morgan fingerprint density at radius 3 is 2.36 bits per heavy atom. The first-order chi connectivity index (χ1) is 11.9. The third-order valence-corrected chi connectivity index (χ3v) is 7.63. The second-order valence-corrected chi connectivity index (χ2v) is 8.86. The van der Waals surface area contributed by atoms with E-state index in [1.165, 1.54) is 4.31 Å². The average Bonchev–Trinajstić information content (AvgIpc) is 3.17. The van der Waals surface area contributed by atoms with Crippen LogP contribution in [0, 0.1) is 18.8 Å². The predicted octanol–water partition coefficient (Wildman–Crippen LogP) is 1.32.